The summed E-state index contributed by atoms with van der Waals surface area (Å²) in [5.41, 5.74) is 1.26. The summed E-state index contributed by atoms with van der Waals surface area (Å²) >= 11 is 5.79. The standard InChI is InChI=1S/C11H13ClN2O3/c1-7-4-10(14(16)17)9(12)5-8(7)6-11(15)13(2)3/h4-5H,6H2,1-3H3. The Morgan fingerprint density at radius 1 is 1.47 bits per heavy atom. The molecule has 92 valence electrons. The number of benzene rings is 1. The predicted molar refractivity (Wildman–Crippen MR) is 65.2 cm³/mol. The molecule has 0 fully saturated rings. The van der Waals surface area contributed by atoms with Crippen LogP contribution in [0.1, 0.15) is 11.1 Å². The molecule has 0 N–H and O–H groups in total. The Bertz CT molecular complexity index is 472. The van der Waals surface area contributed by atoms with E-state index in [2.05, 4.69) is 0 Å². The van der Waals surface area contributed by atoms with Gasteiger partial charge < -0.3 is 4.90 Å². The van der Waals surface area contributed by atoms with E-state index in [1.165, 1.54) is 17.0 Å². The maximum atomic E-state index is 11.5. The number of likely N-dealkylation sites (N-methyl/N-ethyl adjacent to an activating group) is 1. The summed E-state index contributed by atoms with van der Waals surface area (Å²) in [6, 6.07) is 2.87. The van der Waals surface area contributed by atoms with Crippen LogP contribution in [-0.2, 0) is 11.2 Å². The van der Waals surface area contributed by atoms with Crippen molar-refractivity contribution < 1.29 is 9.72 Å². The second-order valence-electron chi connectivity index (χ2n) is 3.95. The Hall–Kier alpha value is -1.62. The monoisotopic (exact) mass is 256 g/mol. The molecule has 0 saturated carbocycles. The van der Waals surface area contributed by atoms with Gasteiger partial charge in [-0.25, -0.2) is 0 Å². The van der Waals surface area contributed by atoms with E-state index in [0.29, 0.717) is 11.1 Å². The van der Waals surface area contributed by atoms with Crippen molar-refractivity contribution in [3.63, 3.8) is 0 Å². The van der Waals surface area contributed by atoms with Crippen LogP contribution in [0.2, 0.25) is 5.02 Å². The van der Waals surface area contributed by atoms with Crippen molar-refractivity contribution in [2.75, 3.05) is 14.1 Å². The van der Waals surface area contributed by atoms with Gasteiger partial charge in [-0.3, -0.25) is 14.9 Å². The number of hydrogen-bond donors (Lipinski definition) is 0. The lowest BCUT2D eigenvalue weighted by atomic mass is 10.0. The fourth-order valence-electron chi connectivity index (χ4n) is 1.36. The summed E-state index contributed by atoms with van der Waals surface area (Å²) in [5.74, 6) is -0.0713. The van der Waals surface area contributed by atoms with Crippen molar-refractivity contribution >= 4 is 23.2 Å². The average Bonchev–Trinajstić information content (AvgIpc) is 2.22. The molecule has 6 heteroatoms. The fourth-order valence-corrected chi connectivity index (χ4v) is 1.61. The molecule has 0 spiro atoms. The number of nitro groups is 1. The zero-order valence-electron chi connectivity index (χ0n) is 9.86. The first-order chi connectivity index (χ1) is 7.82. The van der Waals surface area contributed by atoms with E-state index in [1.807, 2.05) is 0 Å². The minimum absolute atomic E-state index is 0.0576. The van der Waals surface area contributed by atoms with Crippen LogP contribution in [0.15, 0.2) is 12.1 Å². The van der Waals surface area contributed by atoms with Crippen molar-refractivity contribution in [1.82, 2.24) is 4.90 Å². The topological polar surface area (TPSA) is 63.5 Å². The number of aryl methyl sites for hydroxylation is 1. The number of rotatable bonds is 3. The summed E-state index contributed by atoms with van der Waals surface area (Å²) in [5, 5.41) is 10.7. The van der Waals surface area contributed by atoms with Crippen molar-refractivity contribution in [2.24, 2.45) is 0 Å². The van der Waals surface area contributed by atoms with Crippen molar-refractivity contribution in [3.05, 3.63) is 38.4 Å². The van der Waals surface area contributed by atoms with Gasteiger partial charge >= 0.3 is 0 Å². The first-order valence-corrected chi connectivity index (χ1v) is 5.34. The van der Waals surface area contributed by atoms with Gasteiger partial charge in [0.25, 0.3) is 5.69 Å². The lowest BCUT2D eigenvalue weighted by molar-refractivity contribution is -0.384. The van der Waals surface area contributed by atoms with Crippen molar-refractivity contribution in [2.45, 2.75) is 13.3 Å². The van der Waals surface area contributed by atoms with E-state index in [4.69, 9.17) is 11.6 Å². The number of carbonyl (C=O) groups is 1. The van der Waals surface area contributed by atoms with Gasteiger partial charge in [-0.05, 0) is 24.1 Å². The molecule has 0 aromatic heterocycles. The Morgan fingerprint density at radius 2 is 2.06 bits per heavy atom. The van der Waals surface area contributed by atoms with Crippen LogP contribution in [0, 0.1) is 17.0 Å². The molecule has 1 aromatic rings. The second-order valence-corrected chi connectivity index (χ2v) is 4.36. The van der Waals surface area contributed by atoms with Crippen molar-refractivity contribution in [1.29, 1.82) is 0 Å². The molecule has 0 atom stereocenters. The highest BCUT2D eigenvalue weighted by Gasteiger charge is 2.16. The van der Waals surface area contributed by atoms with Crippen LogP contribution in [0.5, 0.6) is 0 Å². The molecule has 0 aliphatic rings. The first kappa shape index (κ1) is 13.4. The summed E-state index contributed by atoms with van der Waals surface area (Å²) in [4.78, 5) is 23.1. The maximum absolute atomic E-state index is 11.5. The van der Waals surface area contributed by atoms with Gasteiger partial charge in [0.2, 0.25) is 5.91 Å². The van der Waals surface area contributed by atoms with E-state index in [9.17, 15) is 14.9 Å². The molecular weight excluding hydrogens is 244 g/mol. The van der Waals surface area contributed by atoms with Crippen LogP contribution in [0.4, 0.5) is 5.69 Å². The minimum Gasteiger partial charge on any atom is -0.349 e. The van der Waals surface area contributed by atoms with Crippen LogP contribution in [0.3, 0.4) is 0 Å². The van der Waals surface area contributed by atoms with E-state index in [1.54, 1.807) is 21.0 Å². The van der Waals surface area contributed by atoms with Crippen LogP contribution < -0.4 is 0 Å². The highest BCUT2D eigenvalue weighted by molar-refractivity contribution is 6.32. The quantitative estimate of drug-likeness (QED) is 0.615. The average molecular weight is 257 g/mol. The Balaban J connectivity index is 3.08. The molecule has 0 radical (unpaired) electrons. The zero-order chi connectivity index (χ0) is 13.2. The summed E-state index contributed by atoms with van der Waals surface area (Å²) < 4.78 is 0. The van der Waals surface area contributed by atoms with Crippen LogP contribution >= 0.6 is 11.6 Å². The molecule has 17 heavy (non-hydrogen) atoms. The number of amides is 1. The van der Waals surface area contributed by atoms with Gasteiger partial charge in [0.15, 0.2) is 0 Å². The third kappa shape index (κ3) is 3.17. The van der Waals surface area contributed by atoms with Crippen LogP contribution in [0.25, 0.3) is 0 Å². The maximum Gasteiger partial charge on any atom is 0.288 e. The van der Waals surface area contributed by atoms with Gasteiger partial charge in [-0.15, -0.1) is 0 Å². The fraction of sp³-hybridized carbons (Fsp3) is 0.364. The number of nitrogens with zero attached hydrogens (tertiary/aromatic N) is 2. The van der Waals surface area contributed by atoms with E-state index in [-0.39, 0.29) is 23.0 Å². The third-order valence-corrected chi connectivity index (χ3v) is 2.75. The lowest BCUT2D eigenvalue weighted by Gasteiger charge is -2.12. The smallest absolute Gasteiger partial charge is 0.288 e. The SMILES string of the molecule is Cc1cc([N+](=O)[O-])c(Cl)cc1CC(=O)N(C)C. The molecule has 0 saturated heterocycles. The Morgan fingerprint density at radius 3 is 2.53 bits per heavy atom. The third-order valence-electron chi connectivity index (χ3n) is 2.44. The zero-order valence-corrected chi connectivity index (χ0v) is 10.6. The molecule has 1 rings (SSSR count). The summed E-state index contributed by atoms with van der Waals surface area (Å²) in [6.07, 6.45) is 0.191. The lowest BCUT2D eigenvalue weighted by Crippen LogP contribution is -2.23. The van der Waals surface area contributed by atoms with E-state index < -0.39 is 4.92 Å². The Kier molecular flexibility index (Phi) is 4.07. The largest absolute Gasteiger partial charge is 0.349 e. The molecular formula is C11H13ClN2O3. The molecule has 1 aromatic carbocycles. The molecule has 0 aliphatic heterocycles. The van der Waals surface area contributed by atoms with Gasteiger partial charge in [0.05, 0.1) is 11.3 Å². The number of carbonyl (C=O) groups excluding carboxylic acids is 1. The second kappa shape index (κ2) is 5.14. The number of hydrogen-bond acceptors (Lipinski definition) is 3. The Labute approximate surface area is 104 Å². The number of nitro benzene ring substituents is 1. The molecule has 1 amide bonds. The van der Waals surface area contributed by atoms with Gasteiger partial charge in [0.1, 0.15) is 5.02 Å². The highest BCUT2D eigenvalue weighted by Crippen LogP contribution is 2.28. The molecule has 0 unspecified atom stereocenters. The normalized spacial score (nSPS) is 10.1. The van der Waals surface area contributed by atoms with Gasteiger partial charge in [0, 0.05) is 20.2 Å². The first-order valence-electron chi connectivity index (χ1n) is 4.96. The molecule has 0 bridgehead atoms. The predicted octanol–water partition coefficient (Wildman–Crippen LogP) is 2.19. The van der Waals surface area contributed by atoms with Gasteiger partial charge in [-0.1, -0.05) is 11.6 Å². The number of halogens is 1. The highest BCUT2D eigenvalue weighted by atomic mass is 35.5. The minimum atomic E-state index is -0.535. The van der Waals surface area contributed by atoms with Gasteiger partial charge in [-0.2, -0.15) is 0 Å². The van der Waals surface area contributed by atoms with Crippen molar-refractivity contribution in [3.8, 4) is 0 Å². The van der Waals surface area contributed by atoms with E-state index >= 15 is 0 Å². The molecule has 0 heterocycles. The van der Waals surface area contributed by atoms with Crippen LogP contribution in [-0.4, -0.2) is 29.8 Å². The van der Waals surface area contributed by atoms with E-state index in [0.717, 1.165) is 0 Å². The summed E-state index contributed by atoms with van der Waals surface area (Å²) in [6.45, 7) is 1.72. The summed E-state index contributed by atoms with van der Waals surface area (Å²) in [7, 11) is 3.31. The molecule has 0 aliphatic carbocycles. The molecule has 5 nitrogen and oxygen atoms in total.